The van der Waals surface area contributed by atoms with Gasteiger partial charge in [0.1, 0.15) is 5.69 Å². The Morgan fingerprint density at radius 3 is 2.57 bits per heavy atom. The molecule has 1 saturated carbocycles. The number of carbonyl (C=O) groups is 1. The predicted octanol–water partition coefficient (Wildman–Crippen LogP) is 2.90. The van der Waals surface area contributed by atoms with Gasteiger partial charge in [0.25, 0.3) is 0 Å². The van der Waals surface area contributed by atoms with Gasteiger partial charge in [-0.1, -0.05) is 41.1 Å². The number of aryl methyl sites for hydroxylation is 1. The molecule has 0 atom stereocenters. The normalized spacial score (nSPS) is 15.6. The first-order valence-electron chi connectivity index (χ1n) is 7.66. The third kappa shape index (κ3) is 2.04. The molecule has 116 valence electrons. The van der Waals surface area contributed by atoms with Crippen molar-refractivity contribution >= 4 is 11.5 Å². The Bertz CT molecular complexity index is 892. The molecule has 5 nitrogen and oxygen atoms in total. The number of ether oxygens (including phenoxy) is 1. The lowest BCUT2D eigenvalue weighted by atomic mass is 9.91. The molecule has 0 aliphatic heterocycles. The van der Waals surface area contributed by atoms with Gasteiger partial charge in [-0.3, -0.25) is 0 Å². The van der Waals surface area contributed by atoms with Gasteiger partial charge in [-0.15, -0.1) is 5.10 Å². The van der Waals surface area contributed by atoms with Crippen LogP contribution in [0.2, 0.25) is 0 Å². The molecule has 0 saturated heterocycles. The Hall–Kier alpha value is -2.69. The van der Waals surface area contributed by atoms with E-state index in [0.717, 1.165) is 24.1 Å². The van der Waals surface area contributed by atoms with E-state index >= 15 is 0 Å². The second kappa shape index (κ2) is 4.91. The number of methoxy groups -OCH3 is 1. The highest BCUT2D eigenvalue weighted by molar-refractivity contribution is 5.88. The average molecular weight is 307 g/mol. The van der Waals surface area contributed by atoms with Crippen LogP contribution < -0.4 is 0 Å². The number of benzene rings is 1. The fourth-order valence-electron chi connectivity index (χ4n) is 3.18. The maximum absolute atomic E-state index is 11.9. The van der Waals surface area contributed by atoms with Gasteiger partial charge in [0.2, 0.25) is 0 Å². The van der Waals surface area contributed by atoms with Gasteiger partial charge in [-0.25, -0.2) is 9.31 Å². The standard InChI is InChI=1S/C18H17N3O2/c1-12-6-8-13(9-7-12)18(10-11-18)16-14-4-3-5-15(17(22)23-2)21(14)20-19-16/h3-9H,10-11H2,1-2H3. The van der Waals surface area contributed by atoms with Crippen LogP contribution in [0.15, 0.2) is 42.5 Å². The van der Waals surface area contributed by atoms with Crippen molar-refractivity contribution in [3.63, 3.8) is 0 Å². The van der Waals surface area contributed by atoms with Gasteiger partial charge in [0.15, 0.2) is 5.69 Å². The molecule has 0 amide bonds. The maximum Gasteiger partial charge on any atom is 0.356 e. The number of carbonyl (C=O) groups excluding carboxylic acids is 1. The van der Waals surface area contributed by atoms with Crippen LogP contribution in [0.4, 0.5) is 0 Å². The third-order valence-corrected chi connectivity index (χ3v) is 4.64. The van der Waals surface area contributed by atoms with Crippen molar-refractivity contribution in [1.82, 2.24) is 14.8 Å². The Morgan fingerprint density at radius 2 is 1.91 bits per heavy atom. The van der Waals surface area contributed by atoms with Crippen molar-refractivity contribution in [2.24, 2.45) is 0 Å². The van der Waals surface area contributed by atoms with Gasteiger partial charge in [-0.05, 0) is 37.5 Å². The summed E-state index contributed by atoms with van der Waals surface area (Å²) in [6.07, 6.45) is 2.10. The van der Waals surface area contributed by atoms with Gasteiger partial charge in [0.05, 0.1) is 12.6 Å². The zero-order valence-electron chi connectivity index (χ0n) is 13.1. The first-order chi connectivity index (χ1) is 11.2. The van der Waals surface area contributed by atoms with Crippen LogP contribution in [-0.2, 0) is 10.2 Å². The van der Waals surface area contributed by atoms with E-state index in [-0.39, 0.29) is 5.41 Å². The minimum absolute atomic E-state index is 0.0792. The highest BCUT2D eigenvalue weighted by Gasteiger charge is 2.49. The molecule has 1 fully saturated rings. The van der Waals surface area contributed by atoms with Crippen molar-refractivity contribution in [1.29, 1.82) is 0 Å². The monoisotopic (exact) mass is 307 g/mol. The van der Waals surface area contributed by atoms with E-state index in [2.05, 4.69) is 41.5 Å². The molecule has 3 aromatic rings. The smallest absolute Gasteiger partial charge is 0.356 e. The molecule has 0 unspecified atom stereocenters. The van der Waals surface area contributed by atoms with E-state index in [1.54, 1.807) is 10.6 Å². The Kier molecular flexibility index (Phi) is 2.98. The first kappa shape index (κ1) is 13.9. The second-order valence-electron chi connectivity index (χ2n) is 6.09. The van der Waals surface area contributed by atoms with E-state index in [1.807, 2.05) is 12.1 Å². The van der Waals surface area contributed by atoms with E-state index in [1.165, 1.54) is 18.2 Å². The lowest BCUT2D eigenvalue weighted by Crippen LogP contribution is -2.11. The van der Waals surface area contributed by atoms with Crippen LogP contribution in [0.5, 0.6) is 0 Å². The molecule has 1 aromatic carbocycles. The summed E-state index contributed by atoms with van der Waals surface area (Å²) in [7, 11) is 1.37. The zero-order valence-corrected chi connectivity index (χ0v) is 13.1. The van der Waals surface area contributed by atoms with Crippen LogP contribution >= 0.6 is 0 Å². The topological polar surface area (TPSA) is 56.5 Å². The van der Waals surface area contributed by atoms with E-state index in [0.29, 0.717) is 5.69 Å². The van der Waals surface area contributed by atoms with Gasteiger partial charge < -0.3 is 4.74 Å². The molecule has 23 heavy (non-hydrogen) atoms. The average Bonchev–Trinajstić information content (AvgIpc) is 3.26. The third-order valence-electron chi connectivity index (χ3n) is 4.64. The van der Waals surface area contributed by atoms with Crippen LogP contribution in [0.1, 0.15) is 40.2 Å². The molecule has 0 bridgehead atoms. The molecule has 5 heteroatoms. The van der Waals surface area contributed by atoms with Gasteiger partial charge in [0, 0.05) is 5.41 Å². The maximum atomic E-state index is 11.9. The molecule has 0 spiro atoms. The van der Waals surface area contributed by atoms with Crippen molar-refractivity contribution in [3.05, 3.63) is 65.0 Å². The highest BCUT2D eigenvalue weighted by Crippen LogP contribution is 2.53. The summed E-state index contributed by atoms with van der Waals surface area (Å²) in [5.74, 6) is -0.410. The molecule has 1 aliphatic rings. The number of aromatic nitrogens is 3. The number of esters is 1. The molecular formula is C18H17N3O2. The van der Waals surface area contributed by atoms with Crippen LogP contribution in [0.25, 0.3) is 5.52 Å². The summed E-state index contributed by atoms with van der Waals surface area (Å²) in [4.78, 5) is 11.9. The Balaban J connectivity index is 1.87. The van der Waals surface area contributed by atoms with E-state index < -0.39 is 5.97 Å². The molecule has 0 N–H and O–H groups in total. The van der Waals surface area contributed by atoms with Crippen LogP contribution in [-0.4, -0.2) is 27.9 Å². The second-order valence-corrected chi connectivity index (χ2v) is 6.09. The minimum Gasteiger partial charge on any atom is -0.464 e. The fraction of sp³-hybridized carbons (Fsp3) is 0.278. The molecule has 4 rings (SSSR count). The van der Waals surface area contributed by atoms with Crippen LogP contribution in [0.3, 0.4) is 0 Å². The fourth-order valence-corrected chi connectivity index (χ4v) is 3.18. The largest absolute Gasteiger partial charge is 0.464 e. The molecule has 1 aliphatic carbocycles. The van der Waals surface area contributed by atoms with E-state index in [9.17, 15) is 4.79 Å². The number of hydrogen-bond acceptors (Lipinski definition) is 4. The molecule has 2 aromatic heterocycles. The highest BCUT2D eigenvalue weighted by atomic mass is 16.5. The number of rotatable bonds is 3. The number of fused-ring (bicyclic) bond motifs is 1. The van der Waals surface area contributed by atoms with Crippen molar-refractivity contribution < 1.29 is 9.53 Å². The summed E-state index contributed by atoms with van der Waals surface area (Å²) >= 11 is 0. The Morgan fingerprint density at radius 1 is 1.17 bits per heavy atom. The van der Waals surface area contributed by atoms with Crippen molar-refractivity contribution in [2.75, 3.05) is 7.11 Å². The summed E-state index contributed by atoms with van der Waals surface area (Å²) in [6.45, 7) is 2.08. The lowest BCUT2D eigenvalue weighted by Gasteiger charge is -2.13. The Labute approximate surface area is 133 Å². The summed E-state index contributed by atoms with van der Waals surface area (Å²) in [5, 5.41) is 8.61. The van der Waals surface area contributed by atoms with Crippen molar-refractivity contribution in [3.8, 4) is 0 Å². The predicted molar refractivity (Wildman–Crippen MR) is 85.5 cm³/mol. The lowest BCUT2D eigenvalue weighted by molar-refractivity contribution is 0.0590. The number of nitrogens with zero attached hydrogens (tertiary/aromatic N) is 3. The molecule has 2 heterocycles. The molecule has 0 radical (unpaired) electrons. The quantitative estimate of drug-likeness (QED) is 0.698. The number of pyridine rings is 1. The van der Waals surface area contributed by atoms with Gasteiger partial charge in [-0.2, -0.15) is 0 Å². The van der Waals surface area contributed by atoms with E-state index in [4.69, 9.17) is 4.74 Å². The summed E-state index contributed by atoms with van der Waals surface area (Å²) in [6, 6.07) is 14.1. The van der Waals surface area contributed by atoms with Crippen molar-refractivity contribution in [2.45, 2.75) is 25.2 Å². The van der Waals surface area contributed by atoms with Crippen LogP contribution in [0, 0.1) is 6.92 Å². The number of hydrogen-bond donors (Lipinski definition) is 0. The SMILES string of the molecule is COC(=O)c1cccc2c(C3(c4ccc(C)cc4)CC3)nnn12. The molecular weight excluding hydrogens is 290 g/mol. The minimum atomic E-state index is -0.410. The summed E-state index contributed by atoms with van der Waals surface area (Å²) in [5.41, 5.74) is 4.62. The summed E-state index contributed by atoms with van der Waals surface area (Å²) < 4.78 is 6.40. The van der Waals surface area contributed by atoms with Gasteiger partial charge >= 0.3 is 5.97 Å². The first-order valence-corrected chi connectivity index (χ1v) is 7.66. The zero-order chi connectivity index (χ0) is 16.0.